The second-order valence-electron chi connectivity index (χ2n) is 7.71. The Morgan fingerprint density at radius 2 is 1.79 bits per heavy atom. The van der Waals surface area contributed by atoms with E-state index in [2.05, 4.69) is 5.32 Å². The van der Waals surface area contributed by atoms with Crippen molar-refractivity contribution in [2.24, 2.45) is 0 Å². The number of rotatable bonds is 6. The lowest BCUT2D eigenvalue weighted by Crippen LogP contribution is -2.23. The van der Waals surface area contributed by atoms with Crippen LogP contribution in [0.3, 0.4) is 0 Å². The van der Waals surface area contributed by atoms with Gasteiger partial charge in [0.25, 0.3) is 5.56 Å². The largest absolute Gasteiger partial charge is 0.378 e. The third-order valence-electron chi connectivity index (χ3n) is 5.22. The zero-order valence-electron chi connectivity index (χ0n) is 18.5. The number of halogens is 1. The molecule has 3 aromatic carbocycles. The van der Waals surface area contributed by atoms with Crippen LogP contribution >= 0.6 is 23.4 Å². The second-order valence-corrected chi connectivity index (χ2v) is 9.06. The average Bonchev–Trinajstić information content (AvgIpc) is 2.80. The van der Waals surface area contributed by atoms with Crippen LogP contribution < -0.4 is 15.8 Å². The highest BCUT2D eigenvalue weighted by atomic mass is 35.5. The molecule has 0 unspecified atom stereocenters. The lowest BCUT2D eigenvalue weighted by Gasteiger charge is -2.16. The van der Waals surface area contributed by atoms with Gasteiger partial charge in [0.05, 0.1) is 22.3 Å². The van der Waals surface area contributed by atoms with Crippen LogP contribution in [0, 0.1) is 6.92 Å². The van der Waals surface area contributed by atoms with Crippen LogP contribution in [0.15, 0.2) is 76.7 Å². The summed E-state index contributed by atoms with van der Waals surface area (Å²) in [5.41, 5.74) is 3.55. The van der Waals surface area contributed by atoms with E-state index in [0.717, 1.165) is 11.3 Å². The fraction of sp³-hybridized carbons (Fsp3) is 0.160. The molecule has 1 heterocycles. The van der Waals surface area contributed by atoms with Crippen molar-refractivity contribution in [3.63, 3.8) is 0 Å². The third kappa shape index (κ3) is 4.89. The zero-order chi connectivity index (χ0) is 23.5. The van der Waals surface area contributed by atoms with Gasteiger partial charge in [0.1, 0.15) is 0 Å². The van der Waals surface area contributed by atoms with E-state index in [1.54, 1.807) is 24.3 Å². The summed E-state index contributed by atoms with van der Waals surface area (Å²) in [6.07, 6.45) is 0. The van der Waals surface area contributed by atoms with Gasteiger partial charge in [-0.2, -0.15) is 0 Å². The third-order valence-corrected chi connectivity index (χ3v) is 6.57. The number of para-hydroxylation sites is 1. The van der Waals surface area contributed by atoms with Crippen molar-refractivity contribution >= 4 is 51.5 Å². The van der Waals surface area contributed by atoms with Crippen LogP contribution in [0.5, 0.6) is 0 Å². The maximum Gasteiger partial charge on any atom is 0.266 e. The Morgan fingerprint density at radius 1 is 1.06 bits per heavy atom. The molecule has 168 valence electrons. The van der Waals surface area contributed by atoms with E-state index < -0.39 is 0 Å². The normalized spacial score (nSPS) is 10.9. The van der Waals surface area contributed by atoms with Crippen LogP contribution in [0.1, 0.15) is 5.56 Å². The van der Waals surface area contributed by atoms with Crippen molar-refractivity contribution in [1.29, 1.82) is 0 Å². The van der Waals surface area contributed by atoms with Crippen LogP contribution in [-0.2, 0) is 4.79 Å². The van der Waals surface area contributed by atoms with Crippen LogP contribution in [-0.4, -0.2) is 35.3 Å². The minimum absolute atomic E-state index is 0.0970. The molecule has 0 aliphatic carbocycles. The molecule has 6 nitrogen and oxygen atoms in total. The first-order valence-electron chi connectivity index (χ1n) is 10.3. The van der Waals surface area contributed by atoms with Gasteiger partial charge in [0, 0.05) is 30.5 Å². The van der Waals surface area contributed by atoms with E-state index in [4.69, 9.17) is 16.6 Å². The molecule has 1 amide bonds. The van der Waals surface area contributed by atoms with Crippen molar-refractivity contribution in [3.8, 4) is 5.69 Å². The summed E-state index contributed by atoms with van der Waals surface area (Å²) in [5, 5.41) is 4.39. The first kappa shape index (κ1) is 22.9. The SMILES string of the molecule is Cc1c(Cl)cccc1-n1c(SCC(=O)Nc2ccc(N(C)C)cc2)nc2ccccc2c1=O. The topological polar surface area (TPSA) is 67.2 Å². The Kier molecular flexibility index (Phi) is 6.72. The molecule has 0 saturated heterocycles. The molecule has 0 bridgehead atoms. The minimum Gasteiger partial charge on any atom is -0.378 e. The number of carbonyl (C=O) groups is 1. The number of aromatic nitrogens is 2. The maximum atomic E-state index is 13.4. The molecule has 0 radical (unpaired) electrons. The Hall–Kier alpha value is -3.29. The standard InChI is InChI=1S/C25H23ClN4O2S/c1-16-20(26)8-6-10-22(16)30-24(32)19-7-4-5-9-21(19)28-25(30)33-15-23(31)27-17-11-13-18(14-12-17)29(2)3/h4-14H,15H2,1-3H3,(H,27,31). The lowest BCUT2D eigenvalue weighted by atomic mass is 10.2. The van der Waals surface area contributed by atoms with Gasteiger partial charge in [0.2, 0.25) is 5.91 Å². The van der Waals surface area contributed by atoms with Crippen LogP contribution in [0.25, 0.3) is 16.6 Å². The summed E-state index contributed by atoms with van der Waals surface area (Å²) in [6.45, 7) is 1.86. The number of carbonyl (C=O) groups excluding carboxylic acids is 1. The molecule has 8 heteroatoms. The predicted molar refractivity (Wildman–Crippen MR) is 137 cm³/mol. The van der Waals surface area contributed by atoms with E-state index in [-0.39, 0.29) is 17.2 Å². The summed E-state index contributed by atoms with van der Waals surface area (Å²) in [4.78, 5) is 32.7. The molecule has 1 N–H and O–H groups in total. The summed E-state index contributed by atoms with van der Waals surface area (Å²) >= 11 is 7.53. The fourth-order valence-electron chi connectivity index (χ4n) is 3.43. The van der Waals surface area contributed by atoms with Crippen molar-refractivity contribution in [1.82, 2.24) is 9.55 Å². The van der Waals surface area contributed by atoms with Gasteiger partial charge < -0.3 is 10.2 Å². The number of amides is 1. The number of nitrogens with one attached hydrogen (secondary N) is 1. The van der Waals surface area contributed by atoms with Crippen LogP contribution in [0.4, 0.5) is 11.4 Å². The fourth-order valence-corrected chi connectivity index (χ4v) is 4.41. The highest BCUT2D eigenvalue weighted by Gasteiger charge is 2.17. The molecular weight excluding hydrogens is 456 g/mol. The number of benzene rings is 3. The Morgan fingerprint density at radius 3 is 2.52 bits per heavy atom. The van der Waals surface area contributed by atoms with Crippen molar-refractivity contribution in [2.45, 2.75) is 12.1 Å². The molecule has 0 aliphatic rings. The number of thioether (sulfide) groups is 1. The van der Waals surface area contributed by atoms with Crippen molar-refractivity contribution < 1.29 is 4.79 Å². The second kappa shape index (κ2) is 9.68. The Labute approximate surface area is 201 Å². The number of hydrogen-bond acceptors (Lipinski definition) is 5. The molecule has 0 saturated carbocycles. The van der Waals surface area contributed by atoms with Gasteiger partial charge in [-0.25, -0.2) is 4.98 Å². The Balaban J connectivity index is 1.65. The lowest BCUT2D eigenvalue weighted by molar-refractivity contribution is -0.113. The number of nitrogens with zero attached hydrogens (tertiary/aromatic N) is 3. The maximum absolute atomic E-state index is 13.4. The number of fused-ring (bicyclic) bond motifs is 1. The molecular formula is C25H23ClN4O2S. The highest BCUT2D eigenvalue weighted by molar-refractivity contribution is 7.99. The molecule has 0 spiro atoms. The van der Waals surface area contributed by atoms with Gasteiger partial charge in [-0.3, -0.25) is 14.2 Å². The first-order valence-corrected chi connectivity index (χ1v) is 11.7. The quantitative estimate of drug-likeness (QED) is 0.307. The highest BCUT2D eigenvalue weighted by Crippen LogP contribution is 2.27. The molecule has 33 heavy (non-hydrogen) atoms. The molecule has 0 atom stereocenters. The summed E-state index contributed by atoms with van der Waals surface area (Å²) in [6, 6.07) is 20.2. The average molecular weight is 479 g/mol. The molecule has 4 aromatic rings. The zero-order valence-corrected chi connectivity index (χ0v) is 20.1. The Bertz CT molecular complexity index is 1380. The number of anilines is 2. The predicted octanol–water partition coefficient (Wildman–Crippen LogP) is 5.14. The first-order chi connectivity index (χ1) is 15.8. The minimum atomic E-state index is -0.201. The van der Waals surface area contributed by atoms with Crippen molar-refractivity contribution in [3.05, 3.63) is 87.7 Å². The van der Waals surface area contributed by atoms with Crippen LogP contribution in [0.2, 0.25) is 5.02 Å². The van der Waals surface area contributed by atoms with Crippen molar-refractivity contribution in [2.75, 3.05) is 30.1 Å². The van der Waals surface area contributed by atoms with Gasteiger partial charge >= 0.3 is 0 Å². The smallest absolute Gasteiger partial charge is 0.266 e. The van der Waals surface area contributed by atoms with E-state index in [1.165, 1.54) is 16.3 Å². The molecule has 4 rings (SSSR count). The summed E-state index contributed by atoms with van der Waals surface area (Å²) in [5.74, 6) is -0.0887. The van der Waals surface area contributed by atoms with Gasteiger partial charge in [0.15, 0.2) is 5.16 Å². The van der Waals surface area contributed by atoms with Gasteiger partial charge in [-0.15, -0.1) is 0 Å². The van der Waals surface area contributed by atoms with E-state index in [0.29, 0.717) is 32.5 Å². The monoisotopic (exact) mass is 478 g/mol. The van der Waals surface area contributed by atoms with Gasteiger partial charge in [-0.1, -0.05) is 41.6 Å². The molecule has 0 fully saturated rings. The molecule has 1 aromatic heterocycles. The van der Waals surface area contributed by atoms with E-state index in [1.807, 2.05) is 68.4 Å². The summed E-state index contributed by atoms with van der Waals surface area (Å²) in [7, 11) is 3.92. The summed E-state index contributed by atoms with van der Waals surface area (Å²) < 4.78 is 1.54. The van der Waals surface area contributed by atoms with E-state index in [9.17, 15) is 9.59 Å². The number of hydrogen-bond donors (Lipinski definition) is 1. The van der Waals surface area contributed by atoms with E-state index >= 15 is 0 Å². The van der Waals surface area contributed by atoms with Gasteiger partial charge in [-0.05, 0) is 61.0 Å². The molecule has 0 aliphatic heterocycles.